The fourth-order valence-corrected chi connectivity index (χ4v) is 1.52. The van der Waals surface area contributed by atoms with E-state index < -0.39 is 0 Å². The maximum absolute atomic E-state index is 5.26. The van der Waals surface area contributed by atoms with Gasteiger partial charge in [0, 0.05) is 11.7 Å². The van der Waals surface area contributed by atoms with Crippen LogP contribution in [0.4, 0.5) is 0 Å². The number of aromatic nitrogens is 1. The molecule has 0 saturated carbocycles. The highest BCUT2D eigenvalue weighted by Gasteiger charge is 2.08. The van der Waals surface area contributed by atoms with Crippen molar-refractivity contribution in [2.75, 3.05) is 13.7 Å². The van der Waals surface area contributed by atoms with Crippen LogP contribution < -0.4 is 10.1 Å². The molecule has 3 nitrogen and oxygen atoms in total. The summed E-state index contributed by atoms with van der Waals surface area (Å²) in [6, 6.07) is 3.86. The Bertz CT molecular complexity index is 318. The van der Waals surface area contributed by atoms with Gasteiger partial charge in [-0.05, 0) is 52.3 Å². The first-order chi connectivity index (χ1) is 7.53. The second kappa shape index (κ2) is 5.85. The van der Waals surface area contributed by atoms with Gasteiger partial charge in [-0.25, -0.2) is 0 Å². The zero-order chi connectivity index (χ0) is 12.0. The average Bonchev–Trinajstić information content (AvgIpc) is 2.23. The molecule has 0 unspecified atom stereocenters. The Labute approximate surface area is 98.2 Å². The molecule has 0 aliphatic heterocycles. The quantitative estimate of drug-likeness (QED) is 0.777. The van der Waals surface area contributed by atoms with Crippen molar-refractivity contribution in [3.05, 3.63) is 24.0 Å². The van der Waals surface area contributed by atoms with Gasteiger partial charge in [-0.1, -0.05) is 0 Å². The van der Waals surface area contributed by atoms with E-state index in [-0.39, 0.29) is 5.54 Å². The number of pyridine rings is 1. The molecule has 0 saturated heterocycles. The number of rotatable bonds is 5. The molecule has 1 aromatic heterocycles. The summed E-state index contributed by atoms with van der Waals surface area (Å²) >= 11 is 0. The number of nitrogens with one attached hydrogen (secondary N) is 1. The fourth-order valence-electron chi connectivity index (χ4n) is 1.52. The van der Waals surface area contributed by atoms with Crippen LogP contribution in [0.2, 0.25) is 0 Å². The second-order valence-electron chi connectivity index (χ2n) is 4.93. The van der Waals surface area contributed by atoms with Crippen LogP contribution in [0.3, 0.4) is 0 Å². The lowest BCUT2D eigenvalue weighted by molar-refractivity contribution is 0.401. The van der Waals surface area contributed by atoms with E-state index in [1.165, 1.54) is 0 Å². The lowest BCUT2D eigenvalue weighted by atomic mass is 10.1. The van der Waals surface area contributed by atoms with Gasteiger partial charge in [-0.2, -0.15) is 0 Å². The summed E-state index contributed by atoms with van der Waals surface area (Å²) in [6.07, 6.45) is 3.84. The molecule has 1 aromatic rings. The molecule has 1 rings (SSSR count). The summed E-state index contributed by atoms with van der Waals surface area (Å²) in [7, 11) is 1.69. The molecule has 0 atom stereocenters. The molecule has 0 spiro atoms. The summed E-state index contributed by atoms with van der Waals surface area (Å²) in [5.74, 6) is 0.887. The van der Waals surface area contributed by atoms with Gasteiger partial charge in [0.2, 0.25) is 0 Å². The third-order valence-electron chi connectivity index (χ3n) is 2.31. The van der Waals surface area contributed by atoms with Crippen LogP contribution in [0.1, 0.15) is 32.9 Å². The largest absolute Gasteiger partial charge is 0.495 e. The maximum Gasteiger partial charge on any atom is 0.140 e. The molecule has 0 aliphatic carbocycles. The van der Waals surface area contributed by atoms with E-state index in [1.807, 2.05) is 18.3 Å². The highest BCUT2D eigenvalue weighted by Crippen LogP contribution is 2.15. The third kappa shape index (κ3) is 4.62. The highest BCUT2D eigenvalue weighted by atomic mass is 16.5. The highest BCUT2D eigenvalue weighted by molar-refractivity contribution is 5.26. The van der Waals surface area contributed by atoms with Gasteiger partial charge in [-0.3, -0.25) is 4.98 Å². The molecule has 0 fully saturated rings. The zero-order valence-electron chi connectivity index (χ0n) is 10.7. The number of methoxy groups -OCH3 is 1. The van der Waals surface area contributed by atoms with Crippen molar-refractivity contribution in [2.45, 2.75) is 39.2 Å². The third-order valence-corrected chi connectivity index (χ3v) is 2.31. The van der Waals surface area contributed by atoms with E-state index >= 15 is 0 Å². The van der Waals surface area contributed by atoms with Crippen LogP contribution in [0.5, 0.6) is 5.75 Å². The van der Waals surface area contributed by atoms with Crippen molar-refractivity contribution >= 4 is 0 Å². The molecule has 1 N–H and O–H groups in total. The van der Waals surface area contributed by atoms with Gasteiger partial charge in [0.1, 0.15) is 5.75 Å². The molecule has 0 bridgehead atoms. The lowest BCUT2D eigenvalue weighted by Gasteiger charge is -2.20. The molecule has 0 aliphatic rings. The van der Waals surface area contributed by atoms with Gasteiger partial charge in [0.25, 0.3) is 0 Å². The van der Waals surface area contributed by atoms with Crippen molar-refractivity contribution < 1.29 is 4.74 Å². The number of aryl methyl sites for hydroxylation is 1. The molecule has 0 aromatic carbocycles. The fraction of sp³-hybridized carbons (Fsp3) is 0.615. The number of hydrogen-bond donors (Lipinski definition) is 1. The zero-order valence-corrected chi connectivity index (χ0v) is 10.7. The van der Waals surface area contributed by atoms with E-state index in [2.05, 4.69) is 31.1 Å². The Hall–Kier alpha value is -1.09. The topological polar surface area (TPSA) is 34.1 Å². The van der Waals surface area contributed by atoms with E-state index in [0.717, 1.165) is 30.8 Å². The van der Waals surface area contributed by atoms with Gasteiger partial charge >= 0.3 is 0 Å². The molecule has 1 heterocycles. The van der Waals surface area contributed by atoms with Gasteiger partial charge in [0.05, 0.1) is 12.8 Å². The molecular weight excluding hydrogens is 200 g/mol. The second-order valence-corrected chi connectivity index (χ2v) is 4.93. The van der Waals surface area contributed by atoms with Crippen LogP contribution in [0.25, 0.3) is 0 Å². The number of ether oxygens (including phenoxy) is 1. The van der Waals surface area contributed by atoms with E-state index in [4.69, 9.17) is 4.74 Å². The van der Waals surface area contributed by atoms with E-state index in [9.17, 15) is 0 Å². The Balaban J connectivity index is 2.37. The first-order valence-corrected chi connectivity index (χ1v) is 5.76. The van der Waals surface area contributed by atoms with Crippen LogP contribution in [0.15, 0.2) is 18.3 Å². The van der Waals surface area contributed by atoms with Crippen LogP contribution in [0, 0.1) is 0 Å². The summed E-state index contributed by atoms with van der Waals surface area (Å²) in [5.41, 5.74) is 1.23. The van der Waals surface area contributed by atoms with Crippen LogP contribution in [-0.4, -0.2) is 24.2 Å². The molecule has 90 valence electrons. The van der Waals surface area contributed by atoms with Crippen molar-refractivity contribution in [1.82, 2.24) is 10.3 Å². The lowest BCUT2D eigenvalue weighted by Crippen LogP contribution is -2.36. The minimum absolute atomic E-state index is 0.189. The van der Waals surface area contributed by atoms with Crippen molar-refractivity contribution in [3.63, 3.8) is 0 Å². The van der Waals surface area contributed by atoms with Crippen LogP contribution in [-0.2, 0) is 6.42 Å². The minimum atomic E-state index is 0.189. The summed E-state index contributed by atoms with van der Waals surface area (Å²) in [6.45, 7) is 7.53. The summed E-state index contributed by atoms with van der Waals surface area (Å²) in [4.78, 5) is 4.33. The van der Waals surface area contributed by atoms with Crippen LogP contribution >= 0.6 is 0 Å². The minimum Gasteiger partial charge on any atom is -0.495 e. The first kappa shape index (κ1) is 13.0. The normalized spacial score (nSPS) is 11.5. The van der Waals surface area contributed by atoms with Gasteiger partial charge in [-0.15, -0.1) is 0 Å². The first-order valence-electron chi connectivity index (χ1n) is 5.76. The number of nitrogens with zero attached hydrogens (tertiary/aromatic N) is 1. The monoisotopic (exact) mass is 222 g/mol. The van der Waals surface area contributed by atoms with E-state index in [1.54, 1.807) is 7.11 Å². The Kier molecular flexibility index (Phi) is 4.74. The smallest absolute Gasteiger partial charge is 0.140 e. The standard InChI is InChI=1S/C13H22N2O/c1-13(2,3)15-10-5-7-11-12(16-4)8-6-9-14-11/h6,8-9,15H,5,7,10H2,1-4H3. The Morgan fingerprint density at radius 1 is 1.38 bits per heavy atom. The predicted octanol–water partition coefficient (Wildman–Crippen LogP) is 2.41. The molecule has 16 heavy (non-hydrogen) atoms. The van der Waals surface area contributed by atoms with E-state index in [0.29, 0.717) is 0 Å². The Morgan fingerprint density at radius 3 is 2.75 bits per heavy atom. The van der Waals surface area contributed by atoms with Crippen molar-refractivity contribution in [1.29, 1.82) is 0 Å². The molecule has 0 radical (unpaired) electrons. The summed E-state index contributed by atoms with van der Waals surface area (Å²) < 4.78 is 5.26. The Morgan fingerprint density at radius 2 is 2.12 bits per heavy atom. The van der Waals surface area contributed by atoms with Gasteiger partial charge < -0.3 is 10.1 Å². The summed E-state index contributed by atoms with van der Waals surface area (Å²) in [5, 5.41) is 3.46. The molecule has 0 amide bonds. The average molecular weight is 222 g/mol. The predicted molar refractivity (Wildman–Crippen MR) is 66.9 cm³/mol. The number of hydrogen-bond acceptors (Lipinski definition) is 3. The SMILES string of the molecule is COc1cccnc1CCCNC(C)(C)C. The molecular formula is C13H22N2O. The maximum atomic E-state index is 5.26. The van der Waals surface area contributed by atoms with Crippen molar-refractivity contribution in [3.8, 4) is 5.75 Å². The molecule has 3 heteroatoms. The van der Waals surface area contributed by atoms with Gasteiger partial charge in [0.15, 0.2) is 0 Å². The van der Waals surface area contributed by atoms with Crippen molar-refractivity contribution in [2.24, 2.45) is 0 Å².